The fourth-order valence-corrected chi connectivity index (χ4v) is 3.22. The van der Waals surface area contributed by atoms with E-state index in [0.717, 1.165) is 21.9 Å². The lowest BCUT2D eigenvalue weighted by molar-refractivity contribution is 0.0915. The number of hydrogen-bond donors (Lipinski definition) is 2. The van der Waals surface area contributed by atoms with Crippen LogP contribution in [0.1, 0.15) is 15.9 Å². The summed E-state index contributed by atoms with van der Waals surface area (Å²) in [5.74, 6) is -0.269. The average Bonchev–Trinajstić information content (AvgIpc) is 2.99. The molecule has 0 aliphatic heterocycles. The molecule has 5 heteroatoms. The molecule has 0 unspecified atom stereocenters. The van der Waals surface area contributed by atoms with E-state index in [9.17, 15) is 9.59 Å². The van der Waals surface area contributed by atoms with Gasteiger partial charge in [0.05, 0.1) is 11.9 Å². The van der Waals surface area contributed by atoms with Crippen molar-refractivity contribution >= 4 is 33.4 Å². The Morgan fingerprint density at radius 1 is 1.16 bits per heavy atom. The number of aromatic nitrogens is 2. The molecule has 3 N–H and O–H groups in total. The topological polar surface area (TPSA) is 80.9 Å². The minimum absolute atomic E-state index is 0.136. The molecule has 2 heterocycles. The van der Waals surface area contributed by atoms with Crippen molar-refractivity contribution < 1.29 is 4.79 Å². The predicted octanol–water partition coefficient (Wildman–Crippen LogP) is 3.26. The van der Waals surface area contributed by atoms with Crippen LogP contribution in [-0.2, 0) is 6.42 Å². The first-order chi connectivity index (χ1) is 12.0. The summed E-state index contributed by atoms with van der Waals surface area (Å²) in [6.45, 7) is 1.72. The number of carbonyl (C=O) groups excluding carboxylic acids is 1. The van der Waals surface area contributed by atoms with Crippen molar-refractivity contribution in [1.82, 2.24) is 9.55 Å². The van der Waals surface area contributed by atoms with Gasteiger partial charge in [-0.05, 0) is 42.1 Å². The molecule has 2 aromatic carbocycles. The minimum atomic E-state index is -0.303. The Morgan fingerprint density at radius 2 is 1.96 bits per heavy atom. The Balaban J connectivity index is 1.86. The molecule has 4 rings (SSSR count). The van der Waals surface area contributed by atoms with E-state index < -0.39 is 0 Å². The van der Waals surface area contributed by atoms with Gasteiger partial charge in [0.2, 0.25) is 5.91 Å². The molecule has 5 nitrogen and oxygen atoms in total. The van der Waals surface area contributed by atoms with E-state index in [0.29, 0.717) is 16.8 Å². The molecule has 25 heavy (non-hydrogen) atoms. The first-order valence-corrected chi connectivity index (χ1v) is 8.04. The quantitative estimate of drug-likeness (QED) is 0.553. The van der Waals surface area contributed by atoms with Gasteiger partial charge in [-0.15, -0.1) is 0 Å². The molecule has 0 spiro atoms. The van der Waals surface area contributed by atoms with Crippen molar-refractivity contribution in [3.8, 4) is 0 Å². The summed E-state index contributed by atoms with van der Waals surface area (Å²) in [6, 6.07) is 14.8. The molecular weight excluding hydrogens is 314 g/mol. The summed E-state index contributed by atoms with van der Waals surface area (Å²) in [5.41, 5.74) is 8.98. The molecule has 124 valence electrons. The molecule has 0 saturated heterocycles. The van der Waals surface area contributed by atoms with Crippen LogP contribution < -0.4 is 11.3 Å². The molecule has 0 radical (unpaired) electrons. The maximum atomic E-state index is 13.0. The second-order valence-corrected chi connectivity index (χ2v) is 6.22. The summed E-state index contributed by atoms with van der Waals surface area (Å²) in [4.78, 5) is 28.7. The number of nitrogens with one attached hydrogen (secondary N) is 1. The van der Waals surface area contributed by atoms with E-state index >= 15 is 0 Å². The van der Waals surface area contributed by atoms with Crippen LogP contribution in [0.2, 0.25) is 0 Å². The van der Waals surface area contributed by atoms with Crippen LogP contribution >= 0.6 is 0 Å². The first-order valence-electron chi connectivity index (χ1n) is 8.04. The summed E-state index contributed by atoms with van der Waals surface area (Å²) in [7, 11) is 0. The normalized spacial score (nSPS) is 11.2. The highest BCUT2D eigenvalue weighted by atomic mass is 16.2. The highest BCUT2D eigenvalue weighted by Gasteiger charge is 2.16. The number of pyridine rings is 1. The van der Waals surface area contributed by atoms with Crippen LogP contribution in [0, 0.1) is 6.92 Å². The van der Waals surface area contributed by atoms with E-state index in [1.165, 1.54) is 4.57 Å². The van der Waals surface area contributed by atoms with E-state index in [1.807, 2.05) is 36.5 Å². The molecule has 0 atom stereocenters. The van der Waals surface area contributed by atoms with Crippen molar-refractivity contribution in [2.75, 3.05) is 5.73 Å². The number of aryl methyl sites for hydroxylation is 1. The van der Waals surface area contributed by atoms with Crippen LogP contribution in [0.15, 0.2) is 59.5 Å². The minimum Gasteiger partial charge on any atom is -0.399 e. The largest absolute Gasteiger partial charge is 0.399 e. The maximum absolute atomic E-state index is 13.0. The van der Waals surface area contributed by atoms with Crippen LogP contribution in [0.5, 0.6) is 0 Å². The Labute approximate surface area is 143 Å². The Hall–Kier alpha value is -3.34. The number of para-hydroxylation sites is 1. The number of H-pyrrole nitrogens is 1. The molecule has 4 aromatic rings. The molecule has 0 aliphatic rings. The summed E-state index contributed by atoms with van der Waals surface area (Å²) >= 11 is 0. The number of rotatable bonds is 2. The molecule has 2 aromatic heterocycles. The van der Waals surface area contributed by atoms with Gasteiger partial charge in [-0.3, -0.25) is 9.59 Å². The summed E-state index contributed by atoms with van der Waals surface area (Å²) in [5, 5.41) is 1.80. The first kappa shape index (κ1) is 15.2. The van der Waals surface area contributed by atoms with Crippen molar-refractivity contribution in [3.05, 3.63) is 76.2 Å². The fourth-order valence-electron chi connectivity index (χ4n) is 3.22. The second kappa shape index (κ2) is 5.63. The summed E-state index contributed by atoms with van der Waals surface area (Å²) in [6.07, 6.45) is 1.96. The van der Waals surface area contributed by atoms with Gasteiger partial charge in [0, 0.05) is 28.4 Å². The number of anilines is 1. The molecule has 0 amide bonds. The van der Waals surface area contributed by atoms with Crippen LogP contribution in [0.4, 0.5) is 5.69 Å². The number of fused-ring (bicyclic) bond motifs is 2. The Kier molecular flexibility index (Phi) is 3.42. The van der Waals surface area contributed by atoms with E-state index in [2.05, 4.69) is 4.98 Å². The number of nitrogens with zero attached hydrogens (tertiary/aromatic N) is 1. The van der Waals surface area contributed by atoms with Gasteiger partial charge in [0.15, 0.2) is 0 Å². The molecule has 0 fully saturated rings. The van der Waals surface area contributed by atoms with Crippen molar-refractivity contribution in [2.24, 2.45) is 0 Å². The third kappa shape index (κ3) is 2.50. The number of aromatic amines is 1. The Morgan fingerprint density at radius 3 is 2.80 bits per heavy atom. The van der Waals surface area contributed by atoms with Crippen LogP contribution in [0.3, 0.4) is 0 Å². The lowest BCUT2D eigenvalue weighted by Gasteiger charge is -2.11. The molecule has 0 aliphatic carbocycles. The Bertz CT molecular complexity index is 1180. The van der Waals surface area contributed by atoms with E-state index in [4.69, 9.17) is 5.73 Å². The zero-order chi connectivity index (χ0) is 17.6. The van der Waals surface area contributed by atoms with Crippen molar-refractivity contribution in [1.29, 1.82) is 0 Å². The van der Waals surface area contributed by atoms with Gasteiger partial charge < -0.3 is 10.7 Å². The lowest BCUT2D eigenvalue weighted by atomic mass is 10.1. The second-order valence-electron chi connectivity index (χ2n) is 6.22. The number of benzene rings is 2. The number of nitrogens with two attached hydrogens (primary N) is 1. The van der Waals surface area contributed by atoms with Crippen molar-refractivity contribution in [3.63, 3.8) is 0 Å². The smallest absolute Gasteiger partial charge is 0.260 e. The highest BCUT2D eigenvalue weighted by Crippen LogP contribution is 2.21. The molecular formula is C20H17N3O2. The highest BCUT2D eigenvalue weighted by molar-refractivity contribution is 5.96. The molecule has 0 bridgehead atoms. The zero-order valence-corrected chi connectivity index (χ0v) is 13.7. The van der Waals surface area contributed by atoms with Gasteiger partial charge in [-0.25, -0.2) is 4.57 Å². The van der Waals surface area contributed by atoms with Gasteiger partial charge in [0.25, 0.3) is 5.56 Å². The lowest BCUT2D eigenvalue weighted by Crippen LogP contribution is -2.29. The van der Waals surface area contributed by atoms with Gasteiger partial charge in [-0.2, -0.15) is 0 Å². The SMILES string of the molecule is Cc1cc2ccc(N)cc2n(C(=O)Cc2c[nH]c3ccccc23)c1=O. The number of carbonyl (C=O) groups is 1. The van der Waals surface area contributed by atoms with E-state index in [-0.39, 0.29) is 17.9 Å². The van der Waals surface area contributed by atoms with Crippen LogP contribution in [-0.4, -0.2) is 15.5 Å². The number of nitrogen functional groups attached to an aromatic ring is 1. The van der Waals surface area contributed by atoms with Crippen molar-refractivity contribution in [2.45, 2.75) is 13.3 Å². The van der Waals surface area contributed by atoms with Gasteiger partial charge in [0.1, 0.15) is 0 Å². The van der Waals surface area contributed by atoms with Gasteiger partial charge in [-0.1, -0.05) is 24.3 Å². The molecule has 0 saturated carbocycles. The standard InChI is InChI=1S/C20H17N3O2/c1-12-8-13-6-7-15(21)10-18(13)23(20(12)25)19(24)9-14-11-22-17-5-3-2-4-16(14)17/h2-8,10-11,22H,9,21H2,1H3. The average molecular weight is 331 g/mol. The zero-order valence-electron chi connectivity index (χ0n) is 13.7. The van der Waals surface area contributed by atoms with Gasteiger partial charge >= 0.3 is 0 Å². The predicted molar refractivity (Wildman–Crippen MR) is 100.0 cm³/mol. The monoisotopic (exact) mass is 331 g/mol. The summed E-state index contributed by atoms with van der Waals surface area (Å²) < 4.78 is 1.24. The third-order valence-corrected chi connectivity index (χ3v) is 4.47. The number of hydrogen-bond acceptors (Lipinski definition) is 3. The fraction of sp³-hybridized carbons (Fsp3) is 0.100. The van der Waals surface area contributed by atoms with E-state index in [1.54, 1.807) is 25.1 Å². The maximum Gasteiger partial charge on any atom is 0.260 e. The van der Waals surface area contributed by atoms with Crippen LogP contribution in [0.25, 0.3) is 21.8 Å². The third-order valence-electron chi connectivity index (χ3n) is 4.47.